The van der Waals surface area contributed by atoms with Crippen LogP contribution in [0.1, 0.15) is 18.1 Å². The van der Waals surface area contributed by atoms with Crippen LogP contribution in [0.2, 0.25) is 5.02 Å². The number of amides is 1. The summed E-state index contributed by atoms with van der Waals surface area (Å²) in [5, 5.41) is 0.695. The van der Waals surface area contributed by atoms with Crippen molar-refractivity contribution in [3.8, 4) is 5.75 Å². The Hall–Kier alpha value is -2.00. The molecule has 0 unspecified atom stereocenters. The monoisotopic (exact) mass is 315 g/mol. The average Bonchev–Trinajstić information content (AvgIpc) is 2.84. The van der Waals surface area contributed by atoms with Gasteiger partial charge in [-0.25, -0.2) is 0 Å². The Bertz CT molecular complexity index is 714. The highest BCUT2D eigenvalue weighted by atomic mass is 35.5. The summed E-state index contributed by atoms with van der Waals surface area (Å²) >= 11 is 5.99. The lowest BCUT2D eigenvalue weighted by Gasteiger charge is -2.22. The average molecular weight is 316 g/mol. The van der Waals surface area contributed by atoms with Crippen molar-refractivity contribution in [3.05, 3.63) is 58.6 Å². The Labute approximate surface area is 135 Å². The van der Waals surface area contributed by atoms with E-state index in [-0.39, 0.29) is 18.6 Å². The summed E-state index contributed by atoms with van der Waals surface area (Å²) in [5.41, 5.74) is 3.15. The van der Waals surface area contributed by atoms with Crippen molar-refractivity contribution in [1.29, 1.82) is 0 Å². The number of ether oxygens (including phenoxy) is 1. The smallest absolute Gasteiger partial charge is 0.265 e. The molecule has 0 radical (unpaired) electrons. The molecule has 1 aliphatic rings. The number of carbonyl (C=O) groups is 1. The van der Waals surface area contributed by atoms with Crippen LogP contribution in [0.25, 0.3) is 0 Å². The fourth-order valence-electron chi connectivity index (χ4n) is 2.87. The van der Waals surface area contributed by atoms with E-state index < -0.39 is 0 Å². The molecule has 0 N–H and O–H groups in total. The van der Waals surface area contributed by atoms with Gasteiger partial charge >= 0.3 is 0 Å². The highest BCUT2D eigenvalue weighted by Crippen LogP contribution is 2.32. The maximum atomic E-state index is 12.5. The van der Waals surface area contributed by atoms with Gasteiger partial charge in [0.2, 0.25) is 0 Å². The number of hydrogen-bond acceptors (Lipinski definition) is 2. The zero-order valence-electron chi connectivity index (χ0n) is 12.7. The van der Waals surface area contributed by atoms with Crippen molar-refractivity contribution in [2.45, 2.75) is 26.3 Å². The molecule has 0 fully saturated rings. The predicted molar refractivity (Wildman–Crippen MR) is 88.8 cm³/mol. The van der Waals surface area contributed by atoms with Crippen molar-refractivity contribution in [3.63, 3.8) is 0 Å². The van der Waals surface area contributed by atoms with Crippen molar-refractivity contribution >= 4 is 23.2 Å². The Balaban J connectivity index is 1.71. The minimum atomic E-state index is -0.0231. The molecule has 3 nitrogen and oxygen atoms in total. The lowest BCUT2D eigenvalue weighted by molar-refractivity contribution is -0.120. The van der Waals surface area contributed by atoms with E-state index >= 15 is 0 Å². The molecule has 1 aliphatic heterocycles. The second kappa shape index (κ2) is 6.01. The van der Waals surface area contributed by atoms with Gasteiger partial charge in [0.05, 0.1) is 0 Å². The second-order valence-electron chi connectivity index (χ2n) is 5.65. The molecule has 1 amide bonds. The first kappa shape index (κ1) is 14.9. The maximum Gasteiger partial charge on any atom is 0.265 e. The highest BCUT2D eigenvalue weighted by Gasteiger charge is 2.30. The quantitative estimate of drug-likeness (QED) is 0.856. The number of benzene rings is 2. The standard InChI is InChI=1S/C18H18ClNO2/c1-12-9-15(7-8-16(12)19)22-11-18(21)20-13(2)10-14-5-3-4-6-17(14)20/h3-9,13H,10-11H2,1-2H3/t13-/m1/s1. The lowest BCUT2D eigenvalue weighted by Crippen LogP contribution is -2.39. The van der Waals surface area contributed by atoms with Gasteiger partial charge in [-0.2, -0.15) is 0 Å². The van der Waals surface area contributed by atoms with Gasteiger partial charge < -0.3 is 9.64 Å². The van der Waals surface area contributed by atoms with Crippen LogP contribution in [0.4, 0.5) is 5.69 Å². The van der Waals surface area contributed by atoms with E-state index in [2.05, 4.69) is 13.0 Å². The van der Waals surface area contributed by atoms with Crippen LogP contribution in [-0.2, 0) is 11.2 Å². The van der Waals surface area contributed by atoms with E-state index in [1.165, 1.54) is 5.56 Å². The summed E-state index contributed by atoms with van der Waals surface area (Å²) in [6.07, 6.45) is 0.891. The number of anilines is 1. The molecule has 0 aromatic heterocycles. The van der Waals surface area contributed by atoms with Crippen LogP contribution < -0.4 is 9.64 Å². The zero-order chi connectivity index (χ0) is 15.7. The first-order chi connectivity index (χ1) is 10.6. The first-order valence-corrected chi connectivity index (χ1v) is 7.73. The van der Waals surface area contributed by atoms with Gasteiger partial charge in [0.25, 0.3) is 5.91 Å². The van der Waals surface area contributed by atoms with E-state index in [0.717, 1.165) is 17.7 Å². The number of rotatable bonds is 3. The van der Waals surface area contributed by atoms with Crippen LogP contribution >= 0.6 is 11.6 Å². The topological polar surface area (TPSA) is 29.5 Å². The summed E-state index contributed by atoms with van der Waals surface area (Å²) in [4.78, 5) is 14.3. The number of nitrogens with zero attached hydrogens (tertiary/aromatic N) is 1. The molecule has 4 heteroatoms. The Kier molecular flexibility index (Phi) is 4.08. The van der Waals surface area contributed by atoms with Gasteiger partial charge in [0.1, 0.15) is 5.75 Å². The van der Waals surface area contributed by atoms with E-state index in [9.17, 15) is 4.79 Å². The van der Waals surface area contributed by atoms with Crippen molar-refractivity contribution in [2.75, 3.05) is 11.5 Å². The molecule has 1 atom stereocenters. The third-order valence-electron chi connectivity index (χ3n) is 3.97. The van der Waals surface area contributed by atoms with E-state index in [1.54, 1.807) is 12.1 Å². The highest BCUT2D eigenvalue weighted by molar-refractivity contribution is 6.31. The minimum Gasteiger partial charge on any atom is -0.484 e. The molecular formula is C18H18ClNO2. The van der Waals surface area contributed by atoms with Gasteiger partial charge in [-0.15, -0.1) is 0 Å². The van der Waals surface area contributed by atoms with Gasteiger partial charge in [-0.05, 0) is 55.7 Å². The van der Waals surface area contributed by atoms with Crippen LogP contribution in [0.5, 0.6) is 5.75 Å². The third kappa shape index (κ3) is 2.81. The molecule has 2 aromatic carbocycles. The van der Waals surface area contributed by atoms with E-state index in [1.807, 2.05) is 36.1 Å². The fraction of sp³-hybridized carbons (Fsp3) is 0.278. The summed E-state index contributed by atoms with van der Waals surface area (Å²) < 4.78 is 5.63. The number of carbonyl (C=O) groups excluding carboxylic acids is 1. The zero-order valence-corrected chi connectivity index (χ0v) is 13.4. The van der Waals surface area contributed by atoms with Gasteiger partial charge in [-0.1, -0.05) is 29.8 Å². The van der Waals surface area contributed by atoms with Gasteiger partial charge in [0.15, 0.2) is 6.61 Å². The van der Waals surface area contributed by atoms with Crippen molar-refractivity contribution in [1.82, 2.24) is 0 Å². The summed E-state index contributed by atoms with van der Waals surface area (Å²) in [7, 11) is 0. The molecule has 0 bridgehead atoms. The van der Waals surface area contributed by atoms with E-state index in [0.29, 0.717) is 10.8 Å². The predicted octanol–water partition coefficient (Wildman–Crippen LogP) is 4.01. The number of para-hydroxylation sites is 1. The molecule has 3 rings (SSSR count). The summed E-state index contributed by atoms with van der Waals surface area (Å²) in [6, 6.07) is 13.6. The SMILES string of the molecule is Cc1cc(OCC(=O)N2c3ccccc3C[C@H]2C)ccc1Cl. The summed E-state index contributed by atoms with van der Waals surface area (Å²) in [6.45, 7) is 4.00. The molecule has 0 aliphatic carbocycles. The lowest BCUT2D eigenvalue weighted by atomic mass is 10.1. The first-order valence-electron chi connectivity index (χ1n) is 7.35. The maximum absolute atomic E-state index is 12.5. The largest absolute Gasteiger partial charge is 0.484 e. The third-order valence-corrected chi connectivity index (χ3v) is 4.39. The van der Waals surface area contributed by atoms with Crippen molar-refractivity contribution in [2.24, 2.45) is 0 Å². The molecule has 2 aromatic rings. The Morgan fingerprint density at radius 3 is 2.86 bits per heavy atom. The van der Waals surface area contributed by atoms with Gasteiger partial charge in [-0.3, -0.25) is 4.79 Å². The second-order valence-corrected chi connectivity index (χ2v) is 6.05. The van der Waals surface area contributed by atoms with Crippen LogP contribution in [0.15, 0.2) is 42.5 Å². The van der Waals surface area contributed by atoms with E-state index in [4.69, 9.17) is 16.3 Å². The molecular weight excluding hydrogens is 298 g/mol. The minimum absolute atomic E-state index is 0.0231. The van der Waals surface area contributed by atoms with Crippen LogP contribution in [0, 0.1) is 6.92 Å². The molecule has 0 saturated carbocycles. The molecule has 0 saturated heterocycles. The molecule has 1 heterocycles. The molecule has 114 valence electrons. The molecule has 22 heavy (non-hydrogen) atoms. The van der Waals surface area contributed by atoms with Crippen molar-refractivity contribution < 1.29 is 9.53 Å². The van der Waals surface area contributed by atoms with Gasteiger partial charge in [0, 0.05) is 16.8 Å². The van der Waals surface area contributed by atoms with Crippen LogP contribution in [-0.4, -0.2) is 18.6 Å². The number of fused-ring (bicyclic) bond motifs is 1. The number of halogens is 1. The Morgan fingerprint density at radius 1 is 1.32 bits per heavy atom. The number of aryl methyl sites for hydroxylation is 1. The van der Waals surface area contributed by atoms with Crippen LogP contribution in [0.3, 0.4) is 0 Å². The number of hydrogen-bond donors (Lipinski definition) is 0. The molecule has 0 spiro atoms. The Morgan fingerprint density at radius 2 is 2.09 bits per heavy atom. The normalized spacial score (nSPS) is 16.5. The fourth-order valence-corrected chi connectivity index (χ4v) is 2.98. The summed E-state index contributed by atoms with van der Waals surface area (Å²) in [5.74, 6) is 0.639.